The van der Waals surface area contributed by atoms with Crippen LogP contribution in [0.15, 0.2) is 27.9 Å². The normalized spacial score (nSPS) is 11.1. The van der Waals surface area contributed by atoms with Gasteiger partial charge in [0.15, 0.2) is 9.90 Å². The Morgan fingerprint density at radius 1 is 1.43 bits per heavy atom. The van der Waals surface area contributed by atoms with Gasteiger partial charge in [-0.3, -0.25) is 4.72 Å². The molecule has 0 radical (unpaired) electrons. The number of anilines is 1. The molecule has 0 saturated heterocycles. The average Bonchev–Trinajstić information content (AvgIpc) is 2.92. The molecule has 2 N–H and O–H groups in total. The zero-order chi connectivity index (χ0) is 15.6. The summed E-state index contributed by atoms with van der Waals surface area (Å²) in [6.07, 6.45) is 0. The van der Waals surface area contributed by atoms with Crippen LogP contribution in [0.25, 0.3) is 0 Å². The predicted octanol–water partition coefficient (Wildman–Crippen LogP) is 1.74. The first-order valence-corrected chi connectivity index (χ1v) is 8.05. The molecule has 0 aliphatic carbocycles. The van der Waals surface area contributed by atoms with Crippen LogP contribution in [0.1, 0.15) is 16.1 Å². The molecule has 1 aromatic carbocycles. The number of sulfonamides is 1. The standard InChI is InChI=1S/C12H12N2O5S2/c1-7-3-4-8(5-9(7)15)14-21(17,18)12-10(11(16)19-2)13-6-20-12/h3-6,14-15H,1-2H3. The Labute approximate surface area is 125 Å². The van der Waals surface area contributed by atoms with Crippen molar-refractivity contribution in [1.82, 2.24) is 4.98 Å². The summed E-state index contributed by atoms with van der Waals surface area (Å²) in [5.74, 6) is -0.865. The van der Waals surface area contributed by atoms with Crippen LogP contribution in [0, 0.1) is 6.92 Å². The zero-order valence-electron chi connectivity index (χ0n) is 11.2. The van der Waals surface area contributed by atoms with Crippen molar-refractivity contribution in [3.63, 3.8) is 0 Å². The van der Waals surface area contributed by atoms with Gasteiger partial charge in [-0.15, -0.1) is 11.3 Å². The molecule has 0 aliphatic rings. The molecule has 0 bridgehead atoms. The van der Waals surface area contributed by atoms with Crippen molar-refractivity contribution in [3.05, 3.63) is 35.0 Å². The van der Waals surface area contributed by atoms with Crippen LogP contribution in [0.4, 0.5) is 5.69 Å². The second-order valence-electron chi connectivity index (χ2n) is 4.09. The van der Waals surface area contributed by atoms with Gasteiger partial charge in [0.05, 0.1) is 18.3 Å². The van der Waals surface area contributed by atoms with Crippen molar-refractivity contribution in [2.75, 3.05) is 11.8 Å². The first-order chi connectivity index (χ1) is 9.85. The first kappa shape index (κ1) is 15.3. The van der Waals surface area contributed by atoms with Crippen LogP contribution in [-0.2, 0) is 14.8 Å². The maximum Gasteiger partial charge on any atom is 0.358 e. The number of hydrogen-bond acceptors (Lipinski definition) is 7. The Bertz CT molecular complexity index is 783. The molecule has 0 aliphatic heterocycles. The third-order valence-corrected chi connectivity index (χ3v) is 5.37. The maximum atomic E-state index is 12.3. The van der Waals surface area contributed by atoms with E-state index in [1.807, 2.05) is 0 Å². The van der Waals surface area contributed by atoms with Gasteiger partial charge in [-0.25, -0.2) is 18.2 Å². The molecule has 112 valence electrons. The van der Waals surface area contributed by atoms with E-state index in [0.29, 0.717) is 5.56 Å². The van der Waals surface area contributed by atoms with Gasteiger partial charge >= 0.3 is 5.97 Å². The molecule has 0 fully saturated rings. The summed E-state index contributed by atoms with van der Waals surface area (Å²) < 4.78 is 31.1. The number of aromatic hydroxyl groups is 1. The van der Waals surface area contributed by atoms with Crippen LogP contribution < -0.4 is 4.72 Å². The summed E-state index contributed by atoms with van der Waals surface area (Å²) in [4.78, 5) is 15.2. The number of nitrogens with zero attached hydrogens (tertiary/aromatic N) is 1. The Morgan fingerprint density at radius 3 is 2.76 bits per heavy atom. The van der Waals surface area contributed by atoms with E-state index >= 15 is 0 Å². The number of methoxy groups -OCH3 is 1. The Kier molecular flexibility index (Phi) is 4.14. The number of aryl methyl sites for hydroxylation is 1. The van der Waals surface area contributed by atoms with E-state index in [0.717, 1.165) is 18.4 Å². The highest BCUT2D eigenvalue weighted by Crippen LogP contribution is 2.26. The Balaban J connectivity index is 2.37. The largest absolute Gasteiger partial charge is 0.508 e. The van der Waals surface area contributed by atoms with Gasteiger partial charge in [-0.1, -0.05) is 6.07 Å². The van der Waals surface area contributed by atoms with Crippen LogP contribution in [0.2, 0.25) is 0 Å². The van der Waals surface area contributed by atoms with Crippen molar-refractivity contribution < 1.29 is 23.1 Å². The van der Waals surface area contributed by atoms with E-state index in [9.17, 15) is 18.3 Å². The minimum Gasteiger partial charge on any atom is -0.508 e. The van der Waals surface area contributed by atoms with Gasteiger partial charge in [-0.2, -0.15) is 0 Å². The SMILES string of the molecule is COC(=O)c1ncsc1S(=O)(=O)Nc1ccc(C)c(O)c1. The number of thiazole rings is 1. The molecule has 7 nitrogen and oxygen atoms in total. The summed E-state index contributed by atoms with van der Waals surface area (Å²) in [5.41, 5.74) is 1.77. The summed E-state index contributed by atoms with van der Waals surface area (Å²) in [6, 6.07) is 4.36. The number of rotatable bonds is 4. The predicted molar refractivity (Wildman–Crippen MR) is 77.1 cm³/mol. The molecular weight excluding hydrogens is 316 g/mol. The molecule has 0 amide bonds. The second kappa shape index (κ2) is 5.70. The third-order valence-electron chi connectivity index (χ3n) is 2.62. The number of benzene rings is 1. The molecule has 21 heavy (non-hydrogen) atoms. The van der Waals surface area contributed by atoms with E-state index in [2.05, 4.69) is 14.4 Å². The third kappa shape index (κ3) is 3.14. The van der Waals surface area contributed by atoms with E-state index in [4.69, 9.17) is 0 Å². The molecule has 1 heterocycles. The lowest BCUT2D eigenvalue weighted by atomic mass is 10.2. The molecule has 0 atom stereocenters. The first-order valence-electron chi connectivity index (χ1n) is 5.69. The van der Waals surface area contributed by atoms with Crippen LogP contribution >= 0.6 is 11.3 Å². The summed E-state index contributed by atoms with van der Waals surface area (Å²) in [5, 5.41) is 9.59. The van der Waals surface area contributed by atoms with Gasteiger partial charge in [0.2, 0.25) is 0 Å². The number of carbonyl (C=O) groups is 1. The smallest absolute Gasteiger partial charge is 0.358 e. The molecule has 2 rings (SSSR count). The number of aromatic nitrogens is 1. The number of phenols is 1. The van der Waals surface area contributed by atoms with Crippen molar-refractivity contribution in [2.24, 2.45) is 0 Å². The maximum absolute atomic E-state index is 12.3. The highest BCUT2D eigenvalue weighted by atomic mass is 32.2. The lowest BCUT2D eigenvalue weighted by molar-refractivity contribution is 0.0590. The van der Waals surface area contributed by atoms with Crippen LogP contribution in [0.5, 0.6) is 5.75 Å². The fourth-order valence-electron chi connectivity index (χ4n) is 1.53. The number of nitrogens with one attached hydrogen (secondary N) is 1. The summed E-state index contributed by atoms with van der Waals surface area (Å²) in [6.45, 7) is 1.69. The fraction of sp³-hybridized carbons (Fsp3) is 0.167. The van der Waals surface area contributed by atoms with Crippen molar-refractivity contribution >= 4 is 33.0 Å². The van der Waals surface area contributed by atoms with Gasteiger partial charge in [0.25, 0.3) is 10.0 Å². The second-order valence-corrected chi connectivity index (χ2v) is 6.82. The van der Waals surface area contributed by atoms with Crippen molar-refractivity contribution in [1.29, 1.82) is 0 Å². The van der Waals surface area contributed by atoms with Gasteiger partial charge in [-0.05, 0) is 18.6 Å². The van der Waals surface area contributed by atoms with Crippen molar-refractivity contribution in [3.8, 4) is 5.75 Å². The molecule has 0 unspecified atom stereocenters. The Morgan fingerprint density at radius 2 is 2.14 bits per heavy atom. The highest BCUT2D eigenvalue weighted by molar-refractivity contribution is 7.94. The zero-order valence-corrected chi connectivity index (χ0v) is 12.8. The fourth-order valence-corrected chi connectivity index (χ4v) is 3.72. The quantitative estimate of drug-likeness (QED) is 0.828. The van der Waals surface area contributed by atoms with Gasteiger partial charge in [0, 0.05) is 6.07 Å². The molecule has 2 aromatic rings. The number of ether oxygens (including phenoxy) is 1. The average molecular weight is 328 g/mol. The molecular formula is C12H12N2O5S2. The number of hydrogen-bond donors (Lipinski definition) is 2. The minimum atomic E-state index is -3.99. The monoisotopic (exact) mass is 328 g/mol. The Hall–Kier alpha value is -2.13. The summed E-state index contributed by atoms with van der Waals surface area (Å²) in [7, 11) is -2.85. The summed E-state index contributed by atoms with van der Waals surface area (Å²) >= 11 is 0.802. The molecule has 0 spiro atoms. The molecule has 0 saturated carbocycles. The lowest BCUT2D eigenvalue weighted by Crippen LogP contribution is -2.16. The number of phenolic OH excluding ortho intramolecular Hbond substituents is 1. The van der Waals surface area contributed by atoms with Gasteiger partial charge < -0.3 is 9.84 Å². The van der Waals surface area contributed by atoms with E-state index in [1.54, 1.807) is 13.0 Å². The van der Waals surface area contributed by atoms with Crippen molar-refractivity contribution in [2.45, 2.75) is 11.1 Å². The minimum absolute atomic E-state index is 0.0345. The van der Waals surface area contributed by atoms with E-state index < -0.39 is 16.0 Å². The van der Waals surface area contributed by atoms with Gasteiger partial charge in [0.1, 0.15) is 5.75 Å². The highest BCUT2D eigenvalue weighted by Gasteiger charge is 2.26. The molecule has 9 heteroatoms. The molecule has 1 aromatic heterocycles. The number of carbonyl (C=O) groups excluding carboxylic acids is 1. The van der Waals surface area contributed by atoms with Crippen LogP contribution in [0.3, 0.4) is 0 Å². The number of esters is 1. The topological polar surface area (TPSA) is 106 Å². The van der Waals surface area contributed by atoms with E-state index in [1.165, 1.54) is 17.6 Å². The lowest BCUT2D eigenvalue weighted by Gasteiger charge is -2.08. The van der Waals surface area contributed by atoms with E-state index in [-0.39, 0.29) is 21.3 Å². The van der Waals surface area contributed by atoms with Crippen LogP contribution in [-0.4, -0.2) is 31.6 Å².